The molecule has 10 heteroatoms. The van der Waals surface area contributed by atoms with Crippen LogP contribution < -0.4 is 10.5 Å². The fourth-order valence-corrected chi connectivity index (χ4v) is 5.30. The van der Waals surface area contributed by atoms with Gasteiger partial charge in [-0.2, -0.15) is 5.10 Å². The number of sulfonamides is 1. The lowest BCUT2D eigenvalue weighted by atomic mass is 10.1. The molecule has 0 atom stereocenters. The smallest absolute Gasteiger partial charge is 0.240 e. The Labute approximate surface area is 188 Å². The molecule has 5 aromatic rings. The molecule has 8 nitrogen and oxygen atoms in total. The summed E-state index contributed by atoms with van der Waals surface area (Å²) in [6.45, 7) is 0.0840. The second-order valence-corrected chi connectivity index (χ2v) is 9.66. The number of nitrogens with two attached hydrogens (primary N) is 1. The molecule has 3 aromatic heterocycles. The number of benzene rings is 2. The molecular weight excluding hydrogens is 444 g/mol. The van der Waals surface area contributed by atoms with Crippen LogP contribution in [-0.2, 0) is 16.6 Å². The summed E-state index contributed by atoms with van der Waals surface area (Å²) in [6, 6.07) is 17.9. The number of rotatable bonds is 6. The van der Waals surface area contributed by atoms with E-state index in [0.29, 0.717) is 17.0 Å². The van der Waals surface area contributed by atoms with Crippen molar-refractivity contribution in [1.29, 1.82) is 0 Å². The summed E-state index contributed by atoms with van der Waals surface area (Å²) in [6.07, 6.45) is 3.24. The van der Waals surface area contributed by atoms with E-state index in [4.69, 9.17) is 10.8 Å². The summed E-state index contributed by atoms with van der Waals surface area (Å²) in [5, 5.41) is 6.68. The number of hydrogen-bond donors (Lipinski definition) is 2. The van der Waals surface area contributed by atoms with Gasteiger partial charge in [0.2, 0.25) is 10.0 Å². The normalized spacial score (nSPS) is 11.8. The number of thiophene rings is 1. The monoisotopic (exact) mass is 462 g/mol. The topological polar surface area (TPSA) is 116 Å². The van der Waals surface area contributed by atoms with Gasteiger partial charge in [0.1, 0.15) is 23.3 Å². The van der Waals surface area contributed by atoms with E-state index in [2.05, 4.69) is 14.7 Å². The minimum absolute atomic E-state index is 0.0840. The van der Waals surface area contributed by atoms with Gasteiger partial charge in [-0.15, -0.1) is 11.3 Å². The van der Waals surface area contributed by atoms with Crippen LogP contribution in [-0.4, -0.2) is 28.2 Å². The van der Waals surface area contributed by atoms with Crippen LogP contribution in [0.25, 0.3) is 27.2 Å². The van der Waals surface area contributed by atoms with Gasteiger partial charge in [0.25, 0.3) is 0 Å². The predicted molar refractivity (Wildman–Crippen MR) is 125 cm³/mol. The molecule has 0 saturated heterocycles. The SMILES string of the molecule is Nc1ncnc2c(-n3cc(CNS(=O)(=O)c4ccccc4)c(-c4ccccc4)n3)csc12. The fraction of sp³-hybridized carbons (Fsp3) is 0.0455. The lowest BCUT2D eigenvalue weighted by molar-refractivity contribution is 0.581. The molecule has 0 aliphatic carbocycles. The maximum atomic E-state index is 12.7. The summed E-state index contributed by atoms with van der Waals surface area (Å²) in [5.41, 5.74) is 9.73. The number of hydrogen-bond acceptors (Lipinski definition) is 7. The van der Waals surface area contributed by atoms with Gasteiger partial charge in [0, 0.05) is 29.2 Å². The van der Waals surface area contributed by atoms with Gasteiger partial charge in [0.05, 0.1) is 15.3 Å². The van der Waals surface area contributed by atoms with Crippen molar-refractivity contribution in [3.8, 4) is 16.9 Å². The van der Waals surface area contributed by atoms with Crippen molar-refractivity contribution in [2.24, 2.45) is 0 Å². The standard InChI is InChI=1S/C22H18N6O2S2/c23-22-21-20(24-14-25-22)18(13-31-21)28-12-16(19(27-28)15-7-3-1-4-8-15)11-26-32(29,30)17-9-5-2-6-10-17/h1-10,12-14,26H,11H2,(H2,23,24,25). The van der Waals surface area contributed by atoms with E-state index in [0.717, 1.165) is 21.5 Å². The highest BCUT2D eigenvalue weighted by Crippen LogP contribution is 2.31. The molecule has 0 aliphatic heterocycles. The highest BCUT2D eigenvalue weighted by atomic mass is 32.2. The summed E-state index contributed by atoms with van der Waals surface area (Å²) < 4.78 is 30.6. The Kier molecular flexibility index (Phi) is 5.17. The zero-order valence-electron chi connectivity index (χ0n) is 16.7. The Morgan fingerprint density at radius 2 is 1.72 bits per heavy atom. The number of fused-ring (bicyclic) bond motifs is 1. The molecule has 0 fully saturated rings. The largest absolute Gasteiger partial charge is 0.382 e. The Morgan fingerprint density at radius 1 is 1.00 bits per heavy atom. The molecule has 0 saturated carbocycles. The molecule has 2 aromatic carbocycles. The second kappa shape index (κ2) is 8.15. The molecule has 0 spiro atoms. The minimum atomic E-state index is -3.66. The summed E-state index contributed by atoms with van der Waals surface area (Å²) in [7, 11) is -3.66. The van der Waals surface area contributed by atoms with Crippen molar-refractivity contribution in [2.75, 3.05) is 5.73 Å². The van der Waals surface area contributed by atoms with Crippen LogP contribution in [0.5, 0.6) is 0 Å². The molecule has 0 radical (unpaired) electrons. The van der Waals surface area contributed by atoms with Crippen molar-refractivity contribution < 1.29 is 8.42 Å². The maximum absolute atomic E-state index is 12.7. The molecule has 0 aliphatic rings. The van der Waals surface area contributed by atoms with Gasteiger partial charge in [0.15, 0.2) is 0 Å². The van der Waals surface area contributed by atoms with Crippen LogP contribution in [0.15, 0.2) is 83.5 Å². The highest BCUT2D eigenvalue weighted by Gasteiger charge is 2.19. The van der Waals surface area contributed by atoms with Gasteiger partial charge in [-0.1, -0.05) is 48.5 Å². The van der Waals surface area contributed by atoms with E-state index >= 15 is 0 Å². The molecule has 0 unspecified atom stereocenters. The molecule has 160 valence electrons. The minimum Gasteiger partial charge on any atom is -0.382 e. The summed E-state index contributed by atoms with van der Waals surface area (Å²) >= 11 is 1.44. The Balaban J connectivity index is 1.56. The van der Waals surface area contributed by atoms with Crippen LogP contribution >= 0.6 is 11.3 Å². The highest BCUT2D eigenvalue weighted by molar-refractivity contribution is 7.89. The molecular formula is C22H18N6O2S2. The molecule has 3 heterocycles. The molecule has 5 rings (SSSR count). The number of nitrogens with one attached hydrogen (secondary N) is 1. The number of aromatic nitrogens is 4. The average Bonchev–Trinajstić information content (AvgIpc) is 3.44. The van der Waals surface area contributed by atoms with Gasteiger partial charge in [-0.25, -0.2) is 27.8 Å². The summed E-state index contributed by atoms with van der Waals surface area (Å²) in [5.74, 6) is 0.414. The van der Waals surface area contributed by atoms with E-state index in [1.807, 2.05) is 41.9 Å². The van der Waals surface area contributed by atoms with Crippen molar-refractivity contribution in [2.45, 2.75) is 11.4 Å². The van der Waals surface area contributed by atoms with Crippen LogP contribution in [0.2, 0.25) is 0 Å². The van der Waals surface area contributed by atoms with Crippen LogP contribution in [0.4, 0.5) is 5.82 Å². The van der Waals surface area contributed by atoms with Crippen molar-refractivity contribution >= 4 is 37.4 Å². The number of nitrogen functional groups attached to an aromatic ring is 1. The first-order valence-corrected chi connectivity index (χ1v) is 12.1. The third-order valence-corrected chi connectivity index (χ3v) is 7.35. The van der Waals surface area contributed by atoms with Crippen molar-refractivity contribution in [1.82, 2.24) is 24.5 Å². The van der Waals surface area contributed by atoms with E-state index in [9.17, 15) is 8.42 Å². The molecule has 0 amide bonds. The van der Waals surface area contributed by atoms with Crippen molar-refractivity contribution in [3.05, 3.63) is 84.1 Å². The van der Waals surface area contributed by atoms with Gasteiger partial charge in [-0.3, -0.25) is 0 Å². The molecule has 32 heavy (non-hydrogen) atoms. The van der Waals surface area contributed by atoms with Gasteiger partial charge < -0.3 is 5.73 Å². The Morgan fingerprint density at radius 3 is 2.47 bits per heavy atom. The quantitative estimate of drug-likeness (QED) is 0.398. The third kappa shape index (κ3) is 3.75. The van der Waals surface area contributed by atoms with Crippen LogP contribution in [0, 0.1) is 0 Å². The van der Waals surface area contributed by atoms with Crippen molar-refractivity contribution in [3.63, 3.8) is 0 Å². The van der Waals surface area contributed by atoms with Gasteiger partial charge in [-0.05, 0) is 12.1 Å². The average molecular weight is 463 g/mol. The molecule has 0 bridgehead atoms. The second-order valence-electron chi connectivity index (χ2n) is 7.01. The predicted octanol–water partition coefficient (Wildman–Crippen LogP) is 3.60. The zero-order chi connectivity index (χ0) is 22.1. The third-order valence-electron chi connectivity index (χ3n) is 4.95. The van der Waals surface area contributed by atoms with E-state index < -0.39 is 10.0 Å². The summed E-state index contributed by atoms with van der Waals surface area (Å²) in [4.78, 5) is 8.62. The van der Waals surface area contributed by atoms with Crippen LogP contribution in [0.1, 0.15) is 5.56 Å². The van der Waals surface area contributed by atoms with E-state index in [1.165, 1.54) is 17.7 Å². The number of nitrogens with zero attached hydrogens (tertiary/aromatic N) is 4. The maximum Gasteiger partial charge on any atom is 0.240 e. The van der Waals surface area contributed by atoms with Crippen LogP contribution in [0.3, 0.4) is 0 Å². The zero-order valence-corrected chi connectivity index (χ0v) is 18.3. The Bertz CT molecular complexity index is 1500. The first-order chi connectivity index (χ1) is 15.5. The lowest BCUT2D eigenvalue weighted by Gasteiger charge is -2.07. The lowest BCUT2D eigenvalue weighted by Crippen LogP contribution is -2.23. The van der Waals surface area contributed by atoms with Gasteiger partial charge >= 0.3 is 0 Å². The first kappa shape index (κ1) is 20.3. The Hall–Kier alpha value is -3.60. The first-order valence-electron chi connectivity index (χ1n) is 9.69. The van der Waals surface area contributed by atoms with E-state index in [-0.39, 0.29) is 11.4 Å². The molecule has 3 N–H and O–H groups in total. The fourth-order valence-electron chi connectivity index (χ4n) is 3.38. The van der Waals surface area contributed by atoms with E-state index in [1.54, 1.807) is 35.0 Å². The number of anilines is 1.